The van der Waals surface area contributed by atoms with Crippen molar-refractivity contribution in [2.45, 2.75) is 38.5 Å². The lowest BCUT2D eigenvalue weighted by Gasteiger charge is -2.30. The van der Waals surface area contributed by atoms with E-state index in [0.717, 1.165) is 17.2 Å². The van der Waals surface area contributed by atoms with Gasteiger partial charge in [-0.05, 0) is 50.1 Å². The van der Waals surface area contributed by atoms with Crippen LogP contribution < -0.4 is 10.1 Å². The Kier molecular flexibility index (Phi) is 6.39. The average Bonchev–Trinajstić information content (AvgIpc) is 2.74. The molecule has 0 spiro atoms. The van der Waals surface area contributed by atoms with E-state index in [1.165, 1.54) is 12.1 Å². The monoisotopic (exact) mass is 427 g/mol. The van der Waals surface area contributed by atoms with Gasteiger partial charge in [0.05, 0.1) is 17.1 Å². The summed E-state index contributed by atoms with van der Waals surface area (Å²) in [6.45, 7) is 5.07. The van der Waals surface area contributed by atoms with Gasteiger partial charge in [0.1, 0.15) is 5.75 Å². The molecule has 0 saturated heterocycles. The van der Waals surface area contributed by atoms with Gasteiger partial charge in [-0.3, -0.25) is 4.79 Å². The van der Waals surface area contributed by atoms with E-state index < -0.39 is 29.2 Å². The van der Waals surface area contributed by atoms with Crippen LogP contribution >= 0.6 is 0 Å². The molecule has 1 N–H and O–H groups in total. The number of carbonyl (C=O) groups is 1. The van der Waals surface area contributed by atoms with Crippen molar-refractivity contribution >= 4 is 11.6 Å². The van der Waals surface area contributed by atoms with Crippen molar-refractivity contribution in [1.82, 2.24) is 0 Å². The highest BCUT2D eigenvalue weighted by Gasteiger charge is 2.38. The highest BCUT2D eigenvalue weighted by molar-refractivity contribution is 6.01. The van der Waals surface area contributed by atoms with E-state index in [9.17, 15) is 18.0 Å². The normalized spacial score (nSPS) is 12.0. The molecule has 0 aliphatic heterocycles. The number of anilines is 1. The van der Waals surface area contributed by atoms with Crippen LogP contribution in [0.5, 0.6) is 5.75 Å². The van der Waals surface area contributed by atoms with E-state index in [0.29, 0.717) is 0 Å². The van der Waals surface area contributed by atoms with Crippen molar-refractivity contribution < 1.29 is 22.7 Å². The van der Waals surface area contributed by atoms with Crippen molar-refractivity contribution in [3.63, 3.8) is 0 Å². The zero-order valence-corrected chi connectivity index (χ0v) is 17.5. The van der Waals surface area contributed by atoms with Gasteiger partial charge in [-0.1, -0.05) is 60.7 Å². The minimum absolute atomic E-state index is 0.0477. The van der Waals surface area contributed by atoms with Crippen LogP contribution in [0.25, 0.3) is 0 Å². The predicted octanol–water partition coefficient (Wildman–Crippen LogP) is 6.44. The van der Waals surface area contributed by atoms with Crippen molar-refractivity contribution in [3.8, 4) is 5.75 Å². The van der Waals surface area contributed by atoms with Gasteiger partial charge in [-0.25, -0.2) is 0 Å². The second-order valence-electron chi connectivity index (χ2n) is 7.69. The number of hydrogen-bond acceptors (Lipinski definition) is 2. The van der Waals surface area contributed by atoms with Gasteiger partial charge in [0, 0.05) is 5.69 Å². The summed E-state index contributed by atoms with van der Waals surface area (Å²) in [5.41, 5.74) is -0.524. The standard InChI is InChI=1S/C25H24F3NO2/c1-17(2)31-22-15-14-20(16-21(22)25(26,27)28)29-23(30)24(3,18-10-6-4-7-11-18)19-12-8-5-9-13-19/h4-17H,1-3H3,(H,29,30). The first-order valence-corrected chi connectivity index (χ1v) is 9.92. The number of benzene rings is 3. The minimum atomic E-state index is -4.62. The molecular weight excluding hydrogens is 403 g/mol. The van der Waals surface area contributed by atoms with Crippen LogP contribution in [0.3, 0.4) is 0 Å². The van der Waals surface area contributed by atoms with Gasteiger partial charge in [0.2, 0.25) is 5.91 Å². The summed E-state index contributed by atoms with van der Waals surface area (Å²) in [6.07, 6.45) is -5.03. The van der Waals surface area contributed by atoms with Crippen LogP contribution in [0.2, 0.25) is 0 Å². The Bertz CT molecular complexity index is 992. The third kappa shape index (κ3) is 4.90. The molecule has 0 atom stereocenters. The Morgan fingerprint density at radius 3 is 1.84 bits per heavy atom. The molecule has 0 fully saturated rings. The summed E-state index contributed by atoms with van der Waals surface area (Å²) in [5.74, 6) is -0.704. The third-order valence-electron chi connectivity index (χ3n) is 5.06. The van der Waals surface area contributed by atoms with Gasteiger partial charge in [-0.2, -0.15) is 13.2 Å². The Hall–Kier alpha value is -3.28. The molecule has 1 amide bonds. The largest absolute Gasteiger partial charge is 0.490 e. The second-order valence-corrected chi connectivity index (χ2v) is 7.69. The molecule has 0 aliphatic carbocycles. The maximum atomic E-state index is 13.6. The molecular formula is C25H24F3NO2. The molecule has 0 bridgehead atoms. The van der Waals surface area contributed by atoms with Gasteiger partial charge in [0.15, 0.2) is 0 Å². The lowest BCUT2D eigenvalue weighted by molar-refractivity contribution is -0.139. The van der Waals surface area contributed by atoms with E-state index in [1.54, 1.807) is 20.8 Å². The lowest BCUT2D eigenvalue weighted by Crippen LogP contribution is -2.38. The molecule has 0 aromatic heterocycles. The van der Waals surface area contributed by atoms with Crippen LogP contribution in [0.15, 0.2) is 78.9 Å². The average molecular weight is 427 g/mol. The van der Waals surface area contributed by atoms with E-state index in [4.69, 9.17) is 4.74 Å². The number of hydrogen-bond donors (Lipinski definition) is 1. The van der Waals surface area contributed by atoms with E-state index in [2.05, 4.69) is 5.32 Å². The van der Waals surface area contributed by atoms with Crippen LogP contribution in [0.1, 0.15) is 37.5 Å². The first-order valence-electron chi connectivity index (χ1n) is 9.92. The molecule has 162 valence electrons. The molecule has 3 rings (SSSR count). The van der Waals surface area contributed by atoms with E-state index in [-0.39, 0.29) is 11.4 Å². The van der Waals surface area contributed by atoms with Crippen LogP contribution in [0.4, 0.5) is 18.9 Å². The fourth-order valence-electron chi connectivity index (χ4n) is 3.41. The van der Waals surface area contributed by atoms with Gasteiger partial charge in [-0.15, -0.1) is 0 Å². The van der Waals surface area contributed by atoms with Crippen molar-refractivity contribution in [3.05, 3.63) is 95.6 Å². The topological polar surface area (TPSA) is 38.3 Å². The van der Waals surface area contributed by atoms with Crippen LogP contribution in [-0.2, 0) is 16.4 Å². The molecule has 0 radical (unpaired) electrons. The number of nitrogens with one attached hydrogen (secondary N) is 1. The van der Waals surface area contributed by atoms with Crippen LogP contribution in [0, 0.1) is 0 Å². The first kappa shape index (κ1) is 22.4. The molecule has 3 nitrogen and oxygen atoms in total. The number of rotatable bonds is 6. The van der Waals surface area contributed by atoms with Crippen molar-refractivity contribution in [2.24, 2.45) is 0 Å². The summed E-state index contributed by atoms with van der Waals surface area (Å²) in [6, 6.07) is 21.8. The maximum Gasteiger partial charge on any atom is 0.420 e. The first-order chi connectivity index (χ1) is 14.6. The van der Waals surface area contributed by atoms with Gasteiger partial charge >= 0.3 is 6.18 Å². The summed E-state index contributed by atoms with van der Waals surface area (Å²) < 4.78 is 46.1. The van der Waals surface area contributed by atoms with E-state index in [1.807, 2.05) is 60.7 Å². The molecule has 31 heavy (non-hydrogen) atoms. The summed E-state index contributed by atoms with van der Waals surface area (Å²) >= 11 is 0. The smallest absolute Gasteiger partial charge is 0.420 e. The second kappa shape index (κ2) is 8.84. The molecule has 6 heteroatoms. The Morgan fingerprint density at radius 2 is 1.39 bits per heavy atom. The molecule has 0 aliphatic rings. The summed E-state index contributed by atoms with van der Waals surface area (Å²) in [4.78, 5) is 13.4. The lowest BCUT2D eigenvalue weighted by atomic mass is 9.75. The quantitative estimate of drug-likeness (QED) is 0.492. The summed E-state index contributed by atoms with van der Waals surface area (Å²) in [5, 5.41) is 2.68. The third-order valence-corrected chi connectivity index (χ3v) is 5.06. The molecule has 0 unspecified atom stereocenters. The Balaban J connectivity index is 2.01. The maximum absolute atomic E-state index is 13.6. The molecule has 3 aromatic rings. The number of ether oxygens (including phenoxy) is 1. The predicted molar refractivity (Wildman–Crippen MR) is 115 cm³/mol. The SMILES string of the molecule is CC(C)Oc1ccc(NC(=O)C(C)(c2ccccc2)c2ccccc2)cc1C(F)(F)F. The molecule has 0 saturated carbocycles. The fourth-order valence-corrected chi connectivity index (χ4v) is 3.41. The van der Waals surface area contributed by atoms with E-state index >= 15 is 0 Å². The Morgan fingerprint density at radius 1 is 0.871 bits per heavy atom. The zero-order valence-electron chi connectivity index (χ0n) is 17.5. The van der Waals surface area contributed by atoms with Gasteiger partial charge < -0.3 is 10.1 Å². The highest BCUT2D eigenvalue weighted by Crippen LogP contribution is 2.39. The van der Waals surface area contributed by atoms with Crippen molar-refractivity contribution in [1.29, 1.82) is 0 Å². The fraction of sp³-hybridized carbons (Fsp3) is 0.240. The van der Waals surface area contributed by atoms with Crippen LogP contribution in [-0.4, -0.2) is 12.0 Å². The Labute approximate surface area is 179 Å². The number of halogens is 3. The zero-order chi connectivity index (χ0) is 22.6. The van der Waals surface area contributed by atoms with Gasteiger partial charge in [0.25, 0.3) is 0 Å². The minimum Gasteiger partial charge on any atom is -0.490 e. The van der Waals surface area contributed by atoms with Crippen molar-refractivity contribution in [2.75, 3.05) is 5.32 Å². The number of amides is 1. The number of alkyl halides is 3. The number of carbonyl (C=O) groups excluding carboxylic acids is 1. The molecule has 3 aromatic carbocycles. The highest BCUT2D eigenvalue weighted by atomic mass is 19.4. The summed E-state index contributed by atoms with van der Waals surface area (Å²) in [7, 11) is 0. The molecule has 0 heterocycles.